The number of nitrogens with one attached hydrogen (secondary N) is 1. The Labute approximate surface area is 129 Å². The van der Waals surface area contributed by atoms with Gasteiger partial charge in [0.15, 0.2) is 0 Å². The molecule has 7 heteroatoms. The van der Waals surface area contributed by atoms with E-state index in [9.17, 15) is 4.79 Å². The van der Waals surface area contributed by atoms with Crippen molar-refractivity contribution in [2.24, 2.45) is 0 Å². The van der Waals surface area contributed by atoms with Gasteiger partial charge in [0.1, 0.15) is 10.0 Å². The zero-order chi connectivity index (χ0) is 14.9. The zero-order valence-electron chi connectivity index (χ0n) is 12.8. The van der Waals surface area contributed by atoms with Crippen molar-refractivity contribution < 1.29 is 4.79 Å². The van der Waals surface area contributed by atoms with E-state index in [2.05, 4.69) is 32.4 Å². The number of hydrogen-bond donors (Lipinski definition) is 1. The van der Waals surface area contributed by atoms with Gasteiger partial charge in [-0.05, 0) is 26.8 Å². The molecule has 21 heavy (non-hydrogen) atoms. The summed E-state index contributed by atoms with van der Waals surface area (Å²) in [6.07, 6.45) is 2.61. The smallest absolute Gasteiger partial charge is 0.220 e. The predicted molar refractivity (Wildman–Crippen MR) is 82.1 cm³/mol. The van der Waals surface area contributed by atoms with E-state index >= 15 is 0 Å². The largest absolute Gasteiger partial charge is 0.356 e. The van der Waals surface area contributed by atoms with Gasteiger partial charge in [0, 0.05) is 38.1 Å². The standard InChI is InChI=1S/C14H23N5OS/c1-11-16-17-13(21-11)9-19-8-7-18(2)14(10-19)4-3-12(20)15-6-5-14/h3-10H2,1-2H3,(H,15,20)/t14-/m0/s1. The van der Waals surface area contributed by atoms with Crippen molar-refractivity contribution in [3.8, 4) is 0 Å². The van der Waals surface area contributed by atoms with Crippen molar-refractivity contribution in [3.05, 3.63) is 10.0 Å². The van der Waals surface area contributed by atoms with E-state index in [1.165, 1.54) is 0 Å². The fourth-order valence-electron chi connectivity index (χ4n) is 3.41. The molecule has 0 radical (unpaired) electrons. The second-order valence-corrected chi connectivity index (χ2v) is 7.44. The van der Waals surface area contributed by atoms with E-state index in [1.807, 2.05) is 6.92 Å². The number of piperazine rings is 1. The van der Waals surface area contributed by atoms with Gasteiger partial charge in [-0.1, -0.05) is 0 Å². The van der Waals surface area contributed by atoms with Crippen LogP contribution < -0.4 is 5.32 Å². The van der Waals surface area contributed by atoms with Crippen LogP contribution in [0.5, 0.6) is 0 Å². The summed E-state index contributed by atoms with van der Waals surface area (Å²) < 4.78 is 0. The third-order valence-electron chi connectivity index (χ3n) is 4.74. The minimum atomic E-state index is 0.122. The zero-order valence-corrected chi connectivity index (χ0v) is 13.6. The van der Waals surface area contributed by atoms with Crippen molar-refractivity contribution in [1.29, 1.82) is 0 Å². The van der Waals surface area contributed by atoms with Crippen molar-refractivity contribution >= 4 is 17.2 Å². The van der Waals surface area contributed by atoms with Gasteiger partial charge < -0.3 is 5.32 Å². The lowest BCUT2D eigenvalue weighted by Crippen LogP contribution is -2.60. The lowest BCUT2D eigenvalue weighted by Gasteiger charge is -2.49. The molecule has 1 spiro atoms. The van der Waals surface area contributed by atoms with Crippen molar-refractivity contribution in [2.75, 3.05) is 33.2 Å². The predicted octanol–water partition coefficient (Wildman–Crippen LogP) is 0.633. The molecule has 0 bridgehead atoms. The minimum absolute atomic E-state index is 0.122. The van der Waals surface area contributed by atoms with E-state index < -0.39 is 0 Å². The molecule has 6 nitrogen and oxygen atoms in total. The molecule has 2 fully saturated rings. The highest BCUT2D eigenvalue weighted by Crippen LogP contribution is 2.31. The molecular weight excluding hydrogens is 286 g/mol. The van der Waals surface area contributed by atoms with E-state index in [-0.39, 0.29) is 11.4 Å². The molecule has 3 rings (SSSR count). The van der Waals surface area contributed by atoms with Crippen LogP contribution in [0.2, 0.25) is 0 Å². The number of aromatic nitrogens is 2. The van der Waals surface area contributed by atoms with Crippen molar-refractivity contribution in [2.45, 2.75) is 38.3 Å². The maximum Gasteiger partial charge on any atom is 0.220 e. The van der Waals surface area contributed by atoms with Crippen LogP contribution in [-0.2, 0) is 11.3 Å². The summed E-state index contributed by atoms with van der Waals surface area (Å²) >= 11 is 1.68. The number of aryl methyl sites for hydroxylation is 1. The summed E-state index contributed by atoms with van der Waals surface area (Å²) in [6.45, 7) is 6.77. The molecule has 1 atom stereocenters. The first-order valence-corrected chi connectivity index (χ1v) is 8.38. The van der Waals surface area contributed by atoms with Crippen LogP contribution in [0.25, 0.3) is 0 Å². The molecule has 1 amide bonds. The molecule has 116 valence electrons. The van der Waals surface area contributed by atoms with E-state index in [0.29, 0.717) is 6.42 Å². The molecule has 0 aromatic carbocycles. The highest BCUT2D eigenvalue weighted by Gasteiger charge is 2.40. The van der Waals surface area contributed by atoms with Crippen LogP contribution in [-0.4, -0.2) is 64.7 Å². The SMILES string of the molecule is Cc1nnc(CN2CCN(C)[C@@]3(CCNC(=O)CC3)C2)s1. The van der Waals surface area contributed by atoms with Gasteiger partial charge in [0.2, 0.25) is 5.91 Å². The Morgan fingerprint density at radius 1 is 1.33 bits per heavy atom. The van der Waals surface area contributed by atoms with Crippen molar-refractivity contribution in [1.82, 2.24) is 25.3 Å². The average molecular weight is 309 g/mol. The Morgan fingerprint density at radius 3 is 2.95 bits per heavy atom. The summed E-state index contributed by atoms with van der Waals surface area (Å²) in [5.74, 6) is 0.192. The molecule has 0 unspecified atom stereocenters. The Kier molecular flexibility index (Phi) is 4.24. The van der Waals surface area contributed by atoms with Gasteiger partial charge in [-0.25, -0.2) is 0 Å². The number of rotatable bonds is 2. The Balaban J connectivity index is 1.70. The number of carbonyl (C=O) groups excluding carboxylic acids is 1. The maximum absolute atomic E-state index is 11.6. The molecular formula is C14H23N5OS. The molecule has 0 aliphatic carbocycles. The summed E-state index contributed by atoms with van der Waals surface area (Å²) in [7, 11) is 2.20. The van der Waals surface area contributed by atoms with Gasteiger partial charge in [0.05, 0.1) is 6.54 Å². The Morgan fingerprint density at radius 2 is 2.19 bits per heavy atom. The van der Waals surface area contributed by atoms with Crippen LogP contribution in [0.15, 0.2) is 0 Å². The molecule has 1 aromatic rings. The Bertz CT molecular complexity index is 519. The molecule has 2 saturated heterocycles. The fraction of sp³-hybridized carbons (Fsp3) is 0.786. The summed E-state index contributed by atoms with van der Waals surface area (Å²) in [6, 6.07) is 0. The maximum atomic E-state index is 11.6. The van der Waals surface area contributed by atoms with E-state index in [4.69, 9.17) is 0 Å². The van der Waals surface area contributed by atoms with Crippen LogP contribution in [0.1, 0.15) is 29.3 Å². The number of nitrogens with zero attached hydrogens (tertiary/aromatic N) is 4. The first kappa shape index (κ1) is 14.9. The molecule has 3 heterocycles. The van der Waals surface area contributed by atoms with Crippen LogP contribution in [0, 0.1) is 6.92 Å². The number of carbonyl (C=O) groups is 1. The molecule has 0 saturated carbocycles. The summed E-state index contributed by atoms with van der Waals surface area (Å²) in [4.78, 5) is 16.6. The normalized spacial score (nSPS) is 28.6. The third kappa shape index (κ3) is 3.25. The van der Waals surface area contributed by atoms with E-state index in [0.717, 1.165) is 55.6 Å². The molecule has 2 aliphatic heterocycles. The topological polar surface area (TPSA) is 61.4 Å². The van der Waals surface area contributed by atoms with Gasteiger partial charge in [-0.15, -0.1) is 21.5 Å². The fourth-order valence-corrected chi connectivity index (χ4v) is 4.16. The number of likely N-dealkylation sites (N-methyl/N-ethyl adjacent to an activating group) is 1. The molecule has 1 aromatic heterocycles. The minimum Gasteiger partial charge on any atom is -0.356 e. The number of hydrogen-bond acceptors (Lipinski definition) is 6. The van der Waals surface area contributed by atoms with E-state index in [1.54, 1.807) is 11.3 Å². The Hall–Kier alpha value is -1.05. The van der Waals surface area contributed by atoms with Gasteiger partial charge >= 0.3 is 0 Å². The lowest BCUT2D eigenvalue weighted by atomic mass is 9.86. The van der Waals surface area contributed by atoms with Gasteiger partial charge in [0.25, 0.3) is 0 Å². The average Bonchev–Trinajstić information content (AvgIpc) is 2.76. The van der Waals surface area contributed by atoms with Crippen LogP contribution in [0.4, 0.5) is 0 Å². The van der Waals surface area contributed by atoms with Crippen LogP contribution in [0.3, 0.4) is 0 Å². The summed E-state index contributed by atoms with van der Waals surface area (Å²) in [5, 5.41) is 13.5. The quantitative estimate of drug-likeness (QED) is 0.868. The van der Waals surface area contributed by atoms with Crippen LogP contribution >= 0.6 is 11.3 Å². The first-order valence-electron chi connectivity index (χ1n) is 7.57. The second-order valence-electron chi connectivity index (χ2n) is 6.17. The summed E-state index contributed by atoms with van der Waals surface area (Å²) in [5.41, 5.74) is 0.122. The monoisotopic (exact) mass is 309 g/mol. The first-order chi connectivity index (χ1) is 10.1. The lowest BCUT2D eigenvalue weighted by molar-refractivity contribution is -0.121. The third-order valence-corrected chi connectivity index (χ3v) is 5.56. The van der Waals surface area contributed by atoms with Gasteiger partial charge in [-0.3, -0.25) is 14.6 Å². The van der Waals surface area contributed by atoms with Crippen molar-refractivity contribution in [3.63, 3.8) is 0 Å². The second kappa shape index (κ2) is 5.98. The highest BCUT2D eigenvalue weighted by molar-refractivity contribution is 7.11. The number of amides is 1. The molecule has 2 aliphatic rings. The van der Waals surface area contributed by atoms with Gasteiger partial charge in [-0.2, -0.15) is 0 Å². The highest BCUT2D eigenvalue weighted by atomic mass is 32.1. The molecule has 1 N–H and O–H groups in total.